The predicted molar refractivity (Wildman–Crippen MR) is 90.1 cm³/mol. The molecular formula is C17H24N2O3S. The van der Waals surface area contributed by atoms with E-state index < -0.39 is 9.84 Å². The van der Waals surface area contributed by atoms with Crippen molar-refractivity contribution in [2.45, 2.75) is 25.2 Å². The molecule has 0 saturated carbocycles. The van der Waals surface area contributed by atoms with Gasteiger partial charge in [0.15, 0.2) is 0 Å². The number of nitrogens with zero attached hydrogens (tertiary/aromatic N) is 1. The van der Waals surface area contributed by atoms with Crippen molar-refractivity contribution >= 4 is 15.9 Å². The lowest BCUT2D eigenvalue weighted by Crippen LogP contribution is -2.41. The average molecular weight is 336 g/mol. The van der Waals surface area contributed by atoms with Gasteiger partial charge in [-0.15, -0.1) is 0 Å². The topological polar surface area (TPSA) is 66.5 Å². The number of carbonyl (C=O) groups is 1. The van der Waals surface area contributed by atoms with Gasteiger partial charge in [-0.1, -0.05) is 30.3 Å². The lowest BCUT2D eigenvalue weighted by molar-refractivity contribution is 0.205. The van der Waals surface area contributed by atoms with Gasteiger partial charge in [0.1, 0.15) is 9.84 Å². The van der Waals surface area contributed by atoms with Crippen molar-refractivity contribution in [3.05, 3.63) is 35.9 Å². The molecule has 126 valence electrons. The Bertz CT molecular complexity index is 631. The highest BCUT2D eigenvalue weighted by atomic mass is 32.2. The van der Waals surface area contributed by atoms with Crippen LogP contribution in [-0.2, 0) is 9.84 Å². The Labute approximate surface area is 138 Å². The van der Waals surface area contributed by atoms with Crippen molar-refractivity contribution < 1.29 is 13.2 Å². The number of hydrogen-bond acceptors (Lipinski definition) is 3. The molecule has 1 unspecified atom stereocenters. The molecule has 1 N–H and O–H groups in total. The highest BCUT2D eigenvalue weighted by Crippen LogP contribution is 2.27. The Hall–Kier alpha value is -1.56. The van der Waals surface area contributed by atoms with Crippen LogP contribution >= 0.6 is 0 Å². The number of benzene rings is 1. The van der Waals surface area contributed by atoms with Crippen LogP contribution in [0.3, 0.4) is 0 Å². The monoisotopic (exact) mass is 336 g/mol. The van der Waals surface area contributed by atoms with E-state index >= 15 is 0 Å². The molecule has 0 radical (unpaired) electrons. The van der Waals surface area contributed by atoms with E-state index in [1.807, 2.05) is 23.1 Å². The van der Waals surface area contributed by atoms with E-state index in [1.165, 1.54) is 5.56 Å². The Morgan fingerprint density at radius 1 is 1.13 bits per heavy atom. The molecule has 0 aromatic heterocycles. The molecule has 0 bridgehead atoms. The SMILES string of the molecule is O=C(NCC1CCS(=O)(=O)CC1)N1CCC(c2ccccc2)C1. The van der Waals surface area contributed by atoms with Crippen LogP contribution in [0.15, 0.2) is 30.3 Å². The number of rotatable bonds is 3. The first-order valence-electron chi connectivity index (χ1n) is 8.32. The third kappa shape index (κ3) is 4.25. The molecule has 0 spiro atoms. The summed E-state index contributed by atoms with van der Waals surface area (Å²) in [5.41, 5.74) is 1.29. The molecule has 1 aromatic carbocycles. The molecule has 6 heteroatoms. The number of likely N-dealkylation sites (tertiary alicyclic amines) is 1. The van der Waals surface area contributed by atoms with Crippen LogP contribution in [0, 0.1) is 5.92 Å². The van der Waals surface area contributed by atoms with E-state index in [0.717, 1.165) is 19.5 Å². The zero-order valence-electron chi connectivity index (χ0n) is 13.3. The molecule has 5 nitrogen and oxygen atoms in total. The summed E-state index contributed by atoms with van der Waals surface area (Å²) in [6.45, 7) is 2.13. The van der Waals surface area contributed by atoms with Gasteiger partial charge in [-0.05, 0) is 30.7 Å². The van der Waals surface area contributed by atoms with Crippen LogP contribution in [-0.4, -0.2) is 50.5 Å². The average Bonchev–Trinajstić information content (AvgIpc) is 3.04. The van der Waals surface area contributed by atoms with Gasteiger partial charge in [-0.2, -0.15) is 0 Å². The third-order valence-electron chi connectivity index (χ3n) is 4.96. The lowest BCUT2D eigenvalue weighted by atomic mass is 9.99. The molecule has 2 aliphatic rings. The summed E-state index contributed by atoms with van der Waals surface area (Å²) in [7, 11) is -2.83. The van der Waals surface area contributed by atoms with Gasteiger partial charge in [0, 0.05) is 25.6 Å². The molecule has 23 heavy (non-hydrogen) atoms. The Morgan fingerprint density at radius 3 is 2.52 bits per heavy atom. The number of carbonyl (C=O) groups excluding carboxylic acids is 1. The first-order chi connectivity index (χ1) is 11.0. The third-order valence-corrected chi connectivity index (χ3v) is 6.68. The second kappa shape index (κ2) is 6.91. The van der Waals surface area contributed by atoms with E-state index in [0.29, 0.717) is 25.3 Å². The van der Waals surface area contributed by atoms with E-state index in [9.17, 15) is 13.2 Å². The first kappa shape index (κ1) is 16.3. The van der Waals surface area contributed by atoms with E-state index in [-0.39, 0.29) is 23.5 Å². The van der Waals surface area contributed by atoms with Crippen molar-refractivity contribution in [3.8, 4) is 0 Å². The number of hydrogen-bond donors (Lipinski definition) is 1. The van der Waals surface area contributed by atoms with E-state index in [1.54, 1.807) is 0 Å². The van der Waals surface area contributed by atoms with Gasteiger partial charge >= 0.3 is 6.03 Å². The van der Waals surface area contributed by atoms with Gasteiger partial charge in [0.2, 0.25) is 0 Å². The van der Waals surface area contributed by atoms with E-state index in [4.69, 9.17) is 0 Å². The van der Waals surface area contributed by atoms with E-state index in [2.05, 4.69) is 17.4 Å². The molecule has 2 amide bonds. The maximum absolute atomic E-state index is 12.3. The van der Waals surface area contributed by atoms with Crippen molar-refractivity contribution in [1.29, 1.82) is 0 Å². The fraction of sp³-hybridized carbons (Fsp3) is 0.588. The molecule has 2 fully saturated rings. The largest absolute Gasteiger partial charge is 0.338 e. The summed E-state index contributed by atoms with van der Waals surface area (Å²) in [6.07, 6.45) is 2.32. The Kier molecular flexibility index (Phi) is 4.90. The summed E-state index contributed by atoms with van der Waals surface area (Å²) in [4.78, 5) is 14.2. The zero-order chi connectivity index (χ0) is 16.3. The van der Waals surface area contributed by atoms with Gasteiger partial charge in [-0.25, -0.2) is 13.2 Å². The van der Waals surface area contributed by atoms with Gasteiger partial charge in [0.25, 0.3) is 0 Å². The first-order valence-corrected chi connectivity index (χ1v) is 10.1. The number of amides is 2. The summed E-state index contributed by atoms with van der Waals surface area (Å²) >= 11 is 0. The highest BCUT2D eigenvalue weighted by molar-refractivity contribution is 7.91. The normalized spacial score (nSPS) is 24.5. The van der Waals surface area contributed by atoms with Crippen LogP contribution in [0.5, 0.6) is 0 Å². The van der Waals surface area contributed by atoms with Crippen LogP contribution in [0.25, 0.3) is 0 Å². The Balaban J connectivity index is 1.45. The van der Waals surface area contributed by atoms with Gasteiger partial charge < -0.3 is 10.2 Å². The summed E-state index contributed by atoms with van der Waals surface area (Å²) in [5.74, 6) is 1.22. The number of sulfone groups is 1. The molecule has 2 heterocycles. The quantitative estimate of drug-likeness (QED) is 0.918. The van der Waals surface area contributed by atoms with Crippen molar-refractivity contribution in [2.75, 3.05) is 31.1 Å². The summed E-state index contributed by atoms with van der Waals surface area (Å²) < 4.78 is 22.8. The second-order valence-corrected chi connectivity index (χ2v) is 8.93. The van der Waals surface area contributed by atoms with Crippen molar-refractivity contribution in [1.82, 2.24) is 10.2 Å². The molecular weight excluding hydrogens is 312 g/mol. The Morgan fingerprint density at radius 2 is 1.83 bits per heavy atom. The molecule has 3 rings (SSSR count). The molecule has 2 aliphatic heterocycles. The minimum Gasteiger partial charge on any atom is -0.338 e. The smallest absolute Gasteiger partial charge is 0.317 e. The molecule has 1 aromatic rings. The van der Waals surface area contributed by atoms with Crippen LogP contribution in [0.1, 0.15) is 30.7 Å². The van der Waals surface area contributed by atoms with Crippen molar-refractivity contribution in [2.24, 2.45) is 5.92 Å². The zero-order valence-corrected chi connectivity index (χ0v) is 14.1. The standard InChI is InChI=1S/C17H24N2O3S/c20-17(18-12-14-7-10-23(21,22)11-8-14)19-9-6-16(13-19)15-4-2-1-3-5-15/h1-5,14,16H,6-13H2,(H,18,20). The van der Waals surface area contributed by atoms with Crippen LogP contribution < -0.4 is 5.32 Å². The predicted octanol–water partition coefficient (Wildman–Crippen LogP) is 2.01. The van der Waals surface area contributed by atoms with Crippen LogP contribution in [0.2, 0.25) is 0 Å². The summed E-state index contributed by atoms with van der Waals surface area (Å²) in [6, 6.07) is 10.3. The highest BCUT2D eigenvalue weighted by Gasteiger charge is 2.28. The second-order valence-electron chi connectivity index (χ2n) is 6.62. The molecule has 1 atom stereocenters. The maximum Gasteiger partial charge on any atom is 0.317 e. The fourth-order valence-electron chi connectivity index (χ4n) is 3.43. The van der Waals surface area contributed by atoms with Crippen LogP contribution in [0.4, 0.5) is 4.79 Å². The number of nitrogens with one attached hydrogen (secondary N) is 1. The maximum atomic E-state index is 12.3. The lowest BCUT2D eigenvalue weighted by Gasteiger charge is -2.24. The number of urea groups is 1. The summed E-state index contributed by atoms with van der Waals surface area (Å²) in [5, 5.41) is 2.99. The minimum atomic E-state index is -2.83. The molecule has 0 aliphatic carbocycles. The fourth-order valence-corrected chi connectivity index (χ4v) is 5.02. The van der Waals surface area contributed by atoms with Crippen molar-refractivity contribution in [3.63, 3.8) is 0 Å². The minimum absolute atomic E-state index is 0.0168. The van der Waals surface area contributed by atoms with Gasteiger partial charge in [-0.3, -0.25) is 0 Å². The van der Waals surface area contributed by atoms with Gasteiger partial charge in [0.05, 0.1) is 11.5 Å². The molecule has 2 saturated heterocycles.